The SMILES string of the molecule is COc1ccccc1CNC(=O)[C@H]1CC(=O)N(c2ccc(F)cc2)C1. The van der Waals surface area contributed by atoms with E-state index in [1.54, 1.807) is 19.2 Å². The number of amides is 2. The number of carbonyl (C=O) groups excluding carboxylic acids is 2. The van der Waals surface area contributed by atoms with Gasteiger partial charge in [0.1, 0.15) is 11.6 Å². The molecule has 6 heteroatoms. The average Bonchev–Trinajstić information content (AvgIpc) is 3.02. The van der Waals surface area contributed by atoms with Crippen molar-refractivity contribution in [3.05, 3.63) is 59.9 Å². The van der Waals surface area contributed by atoms with Crippen molar-refractivity contribution in [3.8, 4) is 5.75 Å². The van der Waals surface area contributed by atoms with Crippen molar-refractivity contribution in [2.45, 2.75) is 13.0 Å². The second kappa shape index (κ2) is 7.34. The summed E-state index contributed by atoms with van der Waals surface area (Å²) in [6.45, 7) is 0.631. The number of methoxy groups -OCH3 is 1. The summed E-state index contributed by atoms with van der Waals surface area (Å²) in [7, 11) is 1.58. The van der Waals surface area contributed by atoms with Crippen molar-refractivity contribution >= 4 is 17.5 Å². The van der Waals surface area contributed by atoms with E-state index in [2.05, 4.69) is 5.32 Å². The molecule has 1 heterocycles. The Balaban J connectivity index is 1.62. The first-order valence-electron chi connectivity index (χ1n) is 8.04. The number of hydrogen-bond acceptors (Lipinski definition) is 3. The molecule has 2 aromatic rings. The third-order valence-electron chi connectivity index (χ3n) is 4.28. The zero-order valence-corrected chi connectivity index (χ0v) is 13.9. The lowest BCUT2D eigenvalue weighted by Gasteiger charge is -2.17. The number of para-hydroxylation sites is 1. The maximum absolute atomic E-state index is 13.0. The summed E-state index contributed by atoms with van der Waals surface area (Å²) in [5.41, 5.74) is 1.48. The molecule has 0 unspecified atom stereocenters. The molecule has 2 aromatic carbocycles. The fourth-order valence-corrected chi connectivity index (χ4v) is 2.93. The van der Waals surface area contributed by atoms with Gasteiger partial charge in [-0.15, -0.1) is 0 Å². The lowest BCUT2D eigenvalue weighted by Crippen LogP contribution is -2.32. The van der Waals surface area contributed by atoms with Crippen molar-refractivity contribution in [1.82, 2.24) is 5.32 Å². The molecule has 1 aliphatic heterocycles. The molecule has 0 bridgehead atoms. The Kier molecular flexibility index (Phi) is 4.97. The molecule has 1 N–H and O–H groups in total. The number of nitrogens with zero attached hydrogens (tertiary/aromatic N) is 1. The molecular formula is C19H19FN2O3. The van der Waals surface area contributed by atoms with Crippen LogP contribution in [0.3, 0.4) is 0 Å². The smallest absolute Gasteiger partial charge is 0.227 e. The molecule has 5 nitrogen and oxygen atoms in total. The molecule has 25 heavy (non-hydrogen) atoms. The fraction of sp³-hybridized carbons (Fsp3) is 0.263. The van der Waals surface area contributed by atoms with Gasteiger partial charge in [0.25, 0.3) is 0 Å². The fourth-order valence-electron chi connectivity index (χ4n) is 2.93. The first-order valence-corrected chi connectivity index (χ1v) is 8.04. The molecule has 0 aliphatic carbocycles. The highest BCUT2D eigenvalue weighted by Crippen LogP contribution is 2.25. The Labute approximate surface area is 145 Å². The molecule has 0 radical (unpaired) electrons. The van der Waals surface area contributed by atoms with Gasteiger partial charge in [-0.05, 0) is 30.3 Å². The van der Waals surface area contributed by atoms with Crippen LogP contribution in [0.25, 0.3) is 0 Å². The van der Waals surface area contributed by atoms with Gasteiger partial charge in [-0.3, -0.25) is 9.59 Å². The Bertz CT molecular complexity index is 776. The molecule has 1 atom stereocenters. The normalized spacial score (nSPS) is 16.8. The number of benzene rings is 2. The van der Waals surface area contributed by atoms with Gasteiger partial charge in [-0.2, -0.15) is 0 Å². The highest BCUT2D eigenvalue weighted by atomic mass is 19.1. The minimum atomic E-state index is -0.424. The summed E-state index contributed by atoms with van der Waals surface area (Å²) >= 11 is 0. The molecular weight excluding hydrogens is 323 g/mol. The lowest BCUT2D eigenvalue weighted by molar-refractivity contribution is -0.126. The van der Waals surface area contributed by atoms with E-state index in [1.807, 2.05) is 24.3 Å². The molecule has 1 fully saturated rings. The number of halogens is 1. The zero-order valence-electron chi connectivity index (χ0n) is 13.9. The predicted octanol–water partition coefficient (Wildman–Crippen LogP) is 2.50. The highest BCUT2D eigenvalue weighted by Gasteiger charge is 2.35. The van der Waals surface area contributed by atoms with Crippen LogP contribution in [0.2, 0.25) is 0 Å². The molecule has 1 aliphatic rings. The average molecular weight is 342 g/mol. The van der Waals surface area contributed by atoms with Gasteiger partial charge in [-0.25, -0.2) is 4.39 Å². The van der Waals surface area contributed by atoms with Gasteiger partial charge in [0.05, 0.1) is 13.0 Å². The lowest BCUT2D eigenvalue weighted by atomic mass is 10.1. The van der Waals surface area contributed by atoms with Gasteiger partial charge in [-0.1, -0.05) is 18.2 Å². The summed E-state index contributed by atoms with van der Waals surface area (Å²) in [4.78, 5) is 26.1. The molecule has 0 spiro atoms. The van der Waals surface area contributed by atoms with Crippen LogP contribution in [0.4, 0.5) is 10.1 Å². The van der Waals surface area contributed by atoms with E-state index in [-0.39, 0.29) is 24.1 Å². The summed E-state index contributed by atoms with van der Waals surface area (Å²) < 4.78 is 18.3. The topological polar surface area (TPSA) is 58.6 Å². The Morgan fingerprint density at radius 3 is 2.68 bits per heavy atom. The van der Waals surface area contributed by atoms with Crippen LogP contribution in [0.1, 0.15) is 12.0 Å². The summed E-state index contributed by atoms with van der Waals surface area (Å²) in [5, 5.41) is 2.86. The Morgan fingerprint density at radius 1 is 1.24 bits per heavy atom. The van der Waals surface area contributed by atoms with Gasteiger partial charge in [0, 0.05) is 30.8 Å². The van der Waals surface area contributed by atoms with E-state index >= 15 is 0 Å². The molecule has 0 aromatic heterocycles. The summed E-state index contributed by atoms with van der Waals surface area (Å²) in [6.07, 6.45) is 0.148. The van der Waals surface area contributed by atoms with Crippen molar-refractivity contribution in [2.75, 3.05) is 18.6 Å². The van der Waals surface area contributed by atoms with E-state index in [0.717, 1.165) is 5.56 Å². The molecule has 2 amide bonds. The minimum absolute atomic E-state index is 0.135. The maximum Gasteiger partial charge on any atom is 0.227 e. The number of hydrogen-bond donors (Lipinski definition) is 1. The van der Waals surface area contributed by atoms with Crippen LogP contribution in [0.15, 0.2) is 48.5 Å². The van der Waals surface area contributed by atoms with E-state index in [9.17, 15) is 14.0 Å². The van der Waals surface area contributed by atoms with E-state index in [4.69, 9.17) is 4.74 Å². The Hall–Kier alpha value is -2.89. The largest absolute Gasteiger partial charge is 0.496 e. The van der Waals surface area contributed by atoms with Crippen molar-refractivity contribution in [1.29, 1.82) is 0 Å². The molecule has 3 rings (SSSR count). The second-order valence-corrected chi connectivity index (χ2v) is 5.91. The minimum Gasteiger partial charge on any atom is -0.496 e. The van der Waals surface area contributed by atoms with Crippen LogP contribution in [0.5, 0.6) is 5.75 Å². The van der Waals surface area contributed by atoms with E-state index < -0.39 is 5.92 Å². The highest BCUT2D eigenvalue weighted by molar-refractivity contribution is 6.00. The monoisotopic (exact) mass is 342 g/mol. The predicted molar refractivity (Wildman–Crippen MR) is 91.7 cm³/mol. The van der Waals surface area contributed by atoms with Crippen LogP contribution in [-0.4, -0.2) is 25.5 Å². The number of nitrogens with one attached hydrogen (secondary N) is 1. The number of anilines is 1. The van der Waals surface area contributed by atoms with Crippen LogP contribution < -0.4 is 15.0 Å². The maximum atomic E-state index is 13.0. The Morgan fingerprint density at radius 2 is 1.96 bits per heavy atom. The third kappa shape index (κ3) is 3.79. The first kappa shape index (κ1) is 17.0. The summed E-state index contributed by atoms with van der Waals surface area (Å²) in [6, 6.07) is 13.1. The number of carbonyl (C=O) groups is 2. The molecule has 1 saturated heterocycles. The van der Waals surface area contributed by atoms with Gasteiger partial charge >= 0.3 is 0 Å². The molecule has 130 valence electrons. The quantitative estimate of drug-likeness (QED) is 0.908. The van der Waals surface area contributed by atoms with Crippen molar-refractivity contribution < 1.29 is 18.7 Å². The van der Waals surface area contributed by atoms with Crippen LogP contribution >= 0.6 is 0 Å². The van der Waals surface area contributed by atoms with Crippen LogP contribution in [-0.2, 0) is 16.1 Å². The van der Waals surface area contributed by atoms with E-state index in [1.165, 1.54) is 17.0 Å². The van der Waals surface area contributed by atoms with Crippen molar-refractivity contribution in [3.63, 3.8) is 0 Å². The van der Waals surface area contributed by atoms with Crippen LogP contribution in [0, 0.1) is 11.7 Å². The summed E-state index contributed by atoms with van der Waals surface area (Å²) in [5.74, 6) is -0.389. The zero-order chi connectivity index (χ0) is 17.8. The van der Waals surface area contributed by atoms with Crippen molar-refractivity contribution in [2.24, 2.45) is 5.92 Å². The standard InChI is InChI=1S/C19H19FN2O3/c1-25-17-5-3-2-4-13(17)11-21-19(24)14-10-18(23)22(12-14)16-8-6-15(20)7-9-16/h2-9,14H,10-12H2,1H3,(H,21,24)/t14-/m0/s1. The van der Waals surface area contributed by atoms with Gasteiger partial charge < -0.3 is 15.0 Å². The second-order valence-electron chi connectivity index (χ2n) is 5.91. The third-order valence-corrected chi connectivity index (χ3v) is 4.28. The molecule has 0 saturated carbocycles. The van der Waals surface area contributed by atoms with Gasteiger partial charge in [0.2, 0.25) is 11.8 Å². The van der Waals surface area contributed by atoms with E-state index in [0.29, 0.717) is 24.5 Å². The first-order chi connectivity index (χ1) is 12.1. The van der Waals surface area contributed by atoms with Gasteiger partial charge in [0.15, 0.2) is 0 Å². The number of ether oxygens (including phenoxy) is 1. The number of rotatable bonds is 5.